The fourth-order valence-electron chi connectivity index (χ4n) is 1.53. The summed E-state index contributed by atoms with van der Waals surface area (Å²) in [7, 11) is 1.53. The van der Waals surface area contributed by atoms with E-state index in [1.165, 1.54) is 7.11 Å². The number of hydrogen-bond donors (Lipinski definition) is 1. The van der Waals surface area contributed by atoms with Crippen LogP contribution in [0.3, 0.4) is 0 Å². The molecule has 16 heavy (non-hydrogen) atoms. The Kier molecular flexibility index (Phi) is 2.72. The third-order valence-electron chi connectivity index (χ3n) is 2.33. The van der Waals surface area contributed by atoms with Crippen LogP contribution in [0.15, 0.2) is 30.6 Å². The van der Waals surface area contributed by atoms with Gasteiger partial charge in [-0.2, -0.15) is 0 Å². The van der Waals surface area contributed by atoms with Crippen LogP contribution in [-0.4, -0.2) is 22.2 Å². The van der Waals surface area contributed by atoms with E-state index in [9.17, 15) is 5.11 Å². The van der Waals surface area contributed by atoms with Crippen molar-refractivity contribution >= 4 is 0 Å². The van der Waals surface area contributed by atoms with Gasteiger partial charge in [-0.25, -0.2) is 9.97 Å². The Bertz CT molecular complexity index is 495. The molecule has 0 fully saturated rings. The standard InChI is InChI=1S/C12H12N2O2/c1-8-5-10(15)3-4-11(8)9-6-13-12(16-2)14-7-9/h3-7,15H,1-2H3. The number of hydrogen-bond acceptors (Lipinski definition) is 4. The average molecular weight is 216 g/mol. The van der Waals surface area contributed by atoms with Crippen LogP contribution in [0.4, 0.5) is 0 Å². The highest BCUT2D eigenvalue weighted by molar-refractivity contribution is 5.66. The lowest BCUT2D eigenvalue weighted by molar-refractivity contribution is 0.380. The highest BCUT2D eigenvalue weighted by Gasteiger charge is 2.04. The van der Waals surface area contributed by atoms with Crippen LogP contribution in [0.25, 0.3) is 11.1 Å². The van der Waals surface area contributed by atoms with Crippen LogP contribution in [0.2, 0.25) is 0 Å². The zero-order valence-corrected chi connectivity index (χ0v) is 9.14. The Morgan fingerprint density at radius 1 is 1.19 bits per heavy atom. The molecule has 1 N–H and O–H groups in total. The monoisotopic (exact) mass is 216 g/mol. The van der Waals surface area contributed by atoms with Gasteiger partial charge in [0.1, 0.15) is 5.75 Å². The first-order chi connectivity index (χ1) is 7.70. The average Bonchev–Trinajstić information content (AvgIpc) is 2.29. The van der Waals surface area contributed by atoms with E-state index in [2.05, 4.69) is 9.97 Å². The van der Waals surface area contributed by atoms with Gasteiger partial charge in [0.05, 0.1) is 7.11 Å². The second-order valence-electron chi connectivity index (χ2n) is 3.46. The van der Waals surface area contributed by atoms with Crippen LogP contribution in [-0.2, 0) is 0 Å². The number of aromatic nitrogens is 2. The largest absolute Gasteiger partial charge is 0.508 e. The van der Waals surface area contributed by atoms with E-state index in [1.807, 2.05) is 13.0 Å². The van der Waals surface area contributed by atoms with Crippen LogP contribution in [0.1, 0.15) is 5.56 Å². The number of ether oxygens (including phenoxy) is 1. The highest BCUT2D eigenvalue weighted by Crippen LogP contribution is 2.25. The Balaban J connectivity index is 2.42. The molecule has 4 nitrogen and oxygen atoms in total. The summed E-state index contributed by atoms with van der Waals surface area (Å²) in [4.78, 5) is 8.08. The molecule has 1 aromatic carbocycles. The molecular weight excluding hydrogens is 204 g/mol. The SMILES string of the molecule is COc1ncc(-c2ccc(O)cc2C)cn1. The fraction of sp³-hybridized carbons (Fsp3) is 0.167. The van der Waals surface area contributed by atoms with Crippen molar-refractivity contribution in [2.45, 2.75) is 6.92 Å². The summed E-state index contributed by atoms with van der Waals surface area (Å²) < 4.78 is 4.89. The van der Waals surface area contributed by atoms with Gasteiger partial charge in [-0.1, -0.05) is 6.07 Å². The van der Waals surface area contributed by atoms with E-state index >= 15 is 0 Å². The van der Waals surface area contributed by atoms with Crippen molar-refractivity contribution in [2.24, 2.45) is 0 Å². The lowest BCUT2D eigenvalue weighted by atomic mass is 10.0. The van der Waals surface area contributed by atoms with Gasteiger partial charge in [0.25, 0.3) is 0 Å². The number of benzene rings is 1. The molecule has 1 aromatic heterocycles. The molecular formula is C12H12N2O2. The molecule has 0 aliphatic rings. The number of methoxy groups -OCH3 is 1. The number of phenols is 1. The smallest absolute Gasteiger partial charge is 0.316 e. The zero-order chi connectivity index (χ0) is 11.5. The quantitative estimate of drug-likeness (QED) is 0.835. The van der Waals surface area contributed by atoms with Crippen molar-refractivity contribution < 1.29 is 9.84 Å². The number of aryl methyl sites for hydroxylation is 1. The molecule has 0 aliphatic heterocycles. The van der Waals surface area contributed by atoms with Crippen molar-refractivity contribution in [3.63, 3.8) is 0 Å². The molecule has 82 valence electrons. The first-order valence-corrected chi connectivity index (χ1v) is 4.86. The highest BCUT2D eigenvalue weighted by atomic mass is 16.5. The summed E-state index contributed by atoms with van der Waals surface area (Å²) in [6.07, 6.45) is 3.40. The summed E-state index contributed by atoms with van der Waals surface area (Å²) in [5.74, 6) is 0.260. The minimum Gasteiger partial charge on any atom is -0.508 e. The number of nitrogens with zero attached hydrogens (tertiary/aromatic N) is 2. The van der Waals surface area contributed by atoms with E-state index in [0.717, 1.165) is 16.7 Å². The molecule has 2 aromatic rings. The first kappa shape index (κ1) is 10.4. The molecule has 0 saturated carbocycles. The van der Waals surface area contributed by atoms with Gasteiger partial charge >= 0.3 is 6.01 Å². The molecule has 0 amide bonds. The van der Waals surface area contributed by atoms with E-state index in [0.29, 0.717) is 6.01 Å². The van der Waals surface area contributed by atoms with Gasteiger partial charge in [0.15, 0.2) is 0 Å². The number of aromatic hydroxyl groups is 1. The van der Waals surface area contributed by atoms with Crippen molar-refractivity contribution in [3.05, 3.63) is 36.2 Å². The Labute approximate surface area is 93.6 Å². The maximum atomic E-state index is 9.32. The van der Waals surface area contributed by atoms with Gasteiger partial charge in [-0.3, -0.25) is 0 Å². The van der Waals surface area contributed by atoms with Crippen molar-refractivity contribution in [2.75, 3.05) is 7.11 Å². The maximum Gasteiger partial charge on any atom is 0.316 e. The molecule has 0 spiro atoms. The Morgan fingerprint density at radius 2 is 1.88 bits per heavy atom. The molecule has 1 heterocycles. The fourth-order valence-corrected chi connectivity index (χ4v) is 1.53. The van der Waals surface area contributed by atoms with Gasteiger partial charge in [-0.05, 0) is 30.2 Å². The topological polar surface area (TPSA) is 55.2 Å². The van der Waals surface area contributed by atoms with E-state index in [4.69, 9.17) is 4.74 Å². The van der Waals surface area contributed by atoms with Crippen molar-refractivity contribution in [1.29, 1.82) is 0 Å². The van der Waals surface area contributed by atoms with Crippen molar-refractivity contribution in [3.8, 4) is 22.9 Å². The Morgan fingerprint density at radius 3 is 2.44 bits per heavy atom. The van der Waals surface area contributed by atoms with Crippen molar-refractivity contribution in [1.82, 2.24) is 9.97 Å². The summed E-state index contributed by atoms with van der Waals surface area (Å²) in [5, 5.41) is 9.32. The van der Waals surface area contributed by atoms with Gasteiger partial charge in [0, 0.05) is 18.0 Å². The zero-order valence-electron chi connectivity index (χ0n) is 9.14. The van der Waals surface area contributed by atoms with Crippen LogP contribution in [0.5, 0.6) is 11.8 Å². The minimum absolute atomic E-state index is 0.260. The second-order valence-corrected chi connectivity index (χ2v) is 3.46. The molecule has 4 heteroatoms. The second kappa shape index (κ2) is 4.18. The lowest BCUT2D eigenvalue weighted by Crippen LogP contribution is -1.92. The Hall–Kier alpha value is -2.10. The molecule has 0 aliphatic carbocycles. The van der Waals surface area contributed by atoms with Gasteiger partial charge in [-0.15, -0.1) is 0 Å². The molecule has 2 rings (SSSR count). The van der Waals surface area contributed by atoms with E-state index < -0.39 is 0 Å². The normalized spacial score (nSPS) is 10.1. The van der Waals surface area contributed by atoms with E-state index in [1.54, 1.807) is 24.5 Å². The first-order valence-electron chi connectivity index (χ1n) is 4.86. The van der Waals surface area contributed by atoms with Gasteiger partial charge < -0.3 is 9.84 Å². The summed E-state index contributed by atoms with van der Waals surface area (Å²) in [5.41, 5.74) is 2.88. The molecule has 0 bridgehead atoms. The minimum atomic E-state index is 0.260. The molecule has 0 saturated heterocycles. The third kappa shape index (κ3) is 1.95. The van der Waals surface area contributed by atoms with Crippen LogP contribution >= 0.6 is 0 Å². The predicted octanol–water partition coefficient (Wildman–Crippen LogP) is 2.17. The maximum absolute atomic E-state index is 9.32. The van der Waals surface area contributed by atoms with E-state index in [-0.39, 0.29) is 5.75 Å². The summed E-state index contributed by atoms with van der Waals surface area (Å²) in [6.45, 7) is 1.93. The molecule has 0 radical (unpaired) electrons. The van der Waals surface area contributed by atoms with Gasteiger partial charge in [0.2, 0.25) is 0 Å². The summed E-state index contributed by atoms with van der Waals surface area (Å²) >= 11 is 0. The summed E-state index contributed by atoms with van der Waals surface area (Å²) in [6, 6.07) is 5.54. The molecule has 0 unspecified atom stereocenters. The lowest BCUT2D eigenvalue weighted by Gasteiger charge is -2.06. The van der Waals surface area contributed by atoms with Crippen LogP contribution < -0.4 is 4.74 Å². The predicted molar refractivity (Wildman–Crippen MR) is 60.4 cm³/mol. The van der Waals surface area contributed by atoms with Crippen LogP contribution in [0, 0.1) is 6.92 Å². The number of rotatable bonds is 2. The molecule has 0 atom stereocenters. The third-order valence-corrected chi connectivity index (χ3v) is 2.33. The number of phenolic OH excluding ortho intramolecular Hbond substituents is 1.